The number of aromatic nitrogens is 2. The zero-order valence-corrected chi connectivity index (χ0v) is 18.0. The van der Waals surface area contributed by atoms with Crippen LogP contribution in [0.25, 0.3) is 21.9 Å². The van der Waals surface area contributed by atoms with Crippen molar-refractivity contribution in [2.75, 3.05) is 42.7 Å². The highest BCUT2D eigenvalue weighted by atomic mass is 19.1. The summed E-state index contributed by atoms with van der Waals surface area (Å²) in [5.74, 6) is 2.01. The predicted molar refractivity (Wildman–Crippen MR) is 122 cm³/mol. The highest BCUT2D eigenvalue weighted by molar-refractivity contribution is 5.99. The van der Waals surface area contributed by atoms with Gasteiger partial charge in [0.1, 0.15) is 18.1 Å². The molecule has 9 nitrogen and oxygen atoms in total. The first-order valence-corrected chi connectivity index (χ1v) is 10.7. The van der Waals surface area contributed by atoms with Crippen LogP contribution in [0.2, 0.25) is 0 Å². The van der Waals surface area contributed by atoms with E-state index in [1.54, 1.807) is 12.3 Å². The number of ether oxygens (including phenoxy) is 2. The van der Waals surface area contributed by atoms with Crippen molar-refractivity contribution in [2.24, 2.45) is 11.8 Å². The van der Waals surface area contributed by atoms with Gasteiger partial charge in [-0.15, -0.1) is 0 Å². The summed E-state index contributed by atoms with van der Waals surface area (Å²) in [6.07, 6.45) is 3.11. The summed E-state index contributed by atoms with van der Waals surface area (Å²) in [6, 6.07) is 3.11. The Morgan fingerprint density at radius 3 is 2.70 bits per heavy atom. The number of amides is 1. The SMILES string of the molecule is C1OCC2CC12.Cc1c(-c2cc3cc(NC(=O)O)ncc3c(N)c2F)cnc2c1NCCO2. The lowest BCUT2D eigenvalue weighted by molar-refractivity contribution is 0.165. The van der Waals surface area contributed by atoms with Crippen LogP contribution < -0.4 is 21.1 Å². The molecule has 10 heteroatoms. The zero-order valence-electron chi connectivity index (χ0n) is 18.0. The molecule has 6 rings (SSSR count). The van der Waals surface area contributed by atoms with Crippen molar-refractivity contribution in [3.8, 4) is 17.0 Å². The molecular formula is C23H24FN5O4. The number of pyridine rings is 2. The molecule has 0 radical (unpaired) electrons. The number of hydrogen-bond acceptors (Lipinski definition) is 7. The number of nitrogens with one attached hydrogen (secondary N) is 2. The van der Waals surface area contributed by atoms with E-state index in [-0.39, 0.29) is 17.1 Å². The van der Waals surface area contributed by atoms with Crippen molar-refractivity contribution < 1.29 is 23.8 Å². The highest BCUT2D eigenvalue weighted by Gasteiger charge is 2.41. The summed E-state index contributed by atoms with van der Waals surface area (Å²) in [5, 5.41) is 15.2. The van der Waals surface area contributed by atoms with Crippen LogP contribution in [0.4, 0.5) is 26.4 Å². The number of carbonyl (C=O) groups is 1. The van der Waals surface area contributed by atoms with Gasteiger partial charge < -0.3 is 25.6 Å². The quantitative estimate of drug-likeness (QED) is 0.430. The minimum absolute atomic E-state index is 0.0572. The van der Waals surface area contributed by atoms with E-state index in [0.29, 0.717) is 35.4 Å². The van der Waals surface area contributed by atoms with Gasteiger partial charge >= 0.3 is 6.09 Å². The molecule has 0 spiro atoms. The maximum absolute atomic E-state index is 15.0. The van der Waals surface area contributed by atoms with Gasteiger partial charge in [0, 0.05) is 48.7 Å². The average Bonchev–Trinajstić information content (AvgIpc) is 3.41. The number of nitrogens with zero attached hydrogens (tertiary/aromatic N) is 2. The van der Waals surface area contributed by atoms with Crippen molar-refractivity contribution >= 4 is 34.1 Å². The van der Waals surface area contributed by atoms with E-state index in [9.17, 15) is 9.18 Å². The molecule has 1 aromatic carbocycles. The molecule has 5 N–H and O–H groups in total. The summed E-state index contributed by atoms with van der Waals surface area (Å²) >= 11 is 0. The number of benzene rings is 1. The zero-order chi connectivity index (χ0) is 23.1. The molecule has 2 aliphatic heterocycles. The minimum atomic E-state index is -1.24. The topological polar surface area (TPSA) is 132 Å². The van der Waals surface area contributed by atoms with Gasteiger partial charge in [0.15, 0.2) is 5.82 Å². The van der Waals surface area contributed by atoms with E-state index in [0.717, 1.165) is 36.3 Å². The Balaban J connectivity index is 0.000000324. The molecule has 2 unspecified atom stereocenters. The Morgan fingerprint density at radius 1 is 1.24 bits per heavy atom. The third-order valence-corrected chi connectivity index (χ3v) is 6.20. The number of hydrogen-bond donors (Lipinski definition) is 4. The summed E-state index contributed by atoms with van der Waals surface area (Å²) < 4.78 is 25.6. The van der Waals surface area contributed by atoms with Gasteiger partial charge in [-0.3, -0.25) is 5.32 Å². The highest BCUT2D eigenvalue weighted by Crippen LogP contribution is 2.43. The predicted octanol–water partition coefficient (Wildman–Crippen LogP) is 3.87. The van der Waals surface area contributed by atoms with Crippen LogP contribution in [0.15, 0.2) is 24.5 Å². The van der Waals surface area contributed by atoms with Crippen LogP contribution in [0.5, 0.6) is 5.88 Å². The Hall–Kier alpha value is -3.66. The lowest BCUT2D eigenvalue weighted by Gasteiger charge is -2.22. The first kappa shape index (κ1) is 21.2. The molecule has 3 aromatic rings. The lowest BCUT2D eigenvalue weighted by Crippen LogP contribution is -2.20. The molecule has 33 heavy (non-hydrogen) atoms. The molecule has 1 saturated carbocycles. The molecule has 1 amide bonds. The fourth-order valence-electron chi connectivity index (χ4n) is 4.25. The van der Waals surface area contributed by atoms with Gasteiger partial charge in [-0.25, -0.2) is 19.2 Å². The average molecular weight is 453 g/mol. The largest absolute Gasteiger partial charge is 0.474 e. The van der Waals surface area contributed by atoms with Crippen LogP contribution >= 0.6 is 0 Å². The standard InChI is InChI=1S/C18H16FN5O3.C5H8O/c1-8-11(6-23-17-16(8)21-2-3-27-17)10-4-9-5-13(24-18(25)26)22-7-12(9)15(20)14(10)19;1-4-2-6-3-5(1)4/h4-7,21H,2-3,20H2,1H3,(H,22,24)(H,25,26);4-5H,1-3H2. The second kappa shape index (κ2) is 8.36. The smallest absolute Gasteiger partial charge is 0.410 e. The number of nitrogens with two attached hydrogens (primary N) is 1. The second-order valence-corrected chi connectivity index (χ2v) is 8.42. The third kappa shape index (κ3) is 4.09. The van der Waals surface area contributed by atoms with Gasteiger partial charge in [0.25, 0.3) is 0 Å². The van der Waals surface area contributed by atoms with E-state index < -0.39 is 11.9 Å². The summed E-state index contributed by atoms with van der Waals surface area (Å²) in [4.78, 5) is 19.1. The first-order valence-electron chi connectivity index (χ1n) is 10.7. The summed E-state index contributed by atoms with van der Waals surface area (Å²) in [5.41, 5.74) is 8.28. The number of rotatable bonds is 2. The monoisotopic (exact) mass is 453 g/mol. The Labute approximate surface area is 189 Å². The van der Waals surface area contributed by atoms with Crippen molar-refractivity contribution in [1.82, 2.24) is 9.97 Å². The van der Waals surface area contributed by atoms with Crippen LogP contribution in [0.3, 0.4) is 0 Å². The normalized spacial score (nSPS) is 19.9. The molecule has 2 atom stereocenters. The molecule has 1 aliphatic carbocycles. The van der Waals surface area contributed by atoms with Crippen LogP contribution in [0.1, 0.15) is 12.0 Å². The van der Waals surface area contributed by atoms with Gasteiger partial charge in [-0.1, -0.05) is 0 Å². The van der Waals surface area contributed by atoms with Crippen molar-refractivity contribution in [3.63, 3.8) is 0 Å². The fraction of sp³-hybridized carbons (Fsp3) is 0.348. The molecule has 2 aromatic heterocycles. The molecule has 172 valence electrons. The van der Waals surface area contributed by atoms with E-state index in [2.05, 4.69) is 20.6 Å². The van der Waals surface area contributed by atoms with E-state index in [1.807, 2.05) is 6.92 Å². The van der Waals surface area contributed by atoms with Crippen molar-refractivity contribution in [3.05, 3.63) is 35.9 Å². The van der Waals surface area contributed by atoms with Crippen molar-refractivity contribution in [2.45, 2.75) is 13.3 Å². The number of fused-ring (bicyclic) bond motifs is 3. The fourth-order valence-corrected chi connectivity index (χ4v) is 4.25. The van der Waals surface area contributed by atoms with Gasteiger partial charge in [-0.05, 0) is 48.3 Å². The molecule has 4 heterocycles. The molecular weight excluding hydrogens is 429 g/mol. The van der Waals surface area contributed by atoms with Crippen LogP contribution in [-0.2, 0) is 4.74 Å². The third-order valence-electron chi connectivity index (χ3n) is 6.20. The van der Waals surface area contributed by atoms with Crippen LogP contribution in [-0.4, -0.2) is 47.5 Å². The van der Waals surface area contributed by atoms with Gasteiger partial charge in [-0.2, -0.15) is 0 Å². The van der Waals surface area contributed by atoms with E-state index >= 15 is 0 Å². The number of halogens is 1. The van der Waals surface area contributed by atoms with Gasteiger partial charge in [0.2, 0.25) is 5.88 Å². The maximum atomic E-state index is 15.0. The number of carboxylic acid groups (broad SMARTS) is 1. The Kier molecular flexibility index (Phi) is 5.37. The summed E-state index contributed by atoms with van der Waals surface area (Å²) in [7, 11) is 0. The van der Waals surface area contributed by atoms with Crippen LogP contribution in [0, 0.1) is 24.6 Å². The minimum Gasteiger partial charge on any atom is -0.474 e. The number of nitrogen functional groups attached to an aromatic ring is 1. The maximum Gasteiger partial charge on any atom is 0.410 e. The second-order valence-electron chi connectivity index (χ2n) is 8.42. The van der Waals surface area contributed by atoms with Crippen molar-refractivity contribution in [1.29, 1.82) is 0 Å². The first-order chi connectivity index (χ1) is 15.9. The molecule has 1 saturated heterocycles. The molecule has 0 bridgehead atoms. The Bertz CT molecular complexity index is 1240. The Morgan fingerprint density at radius 2 is 2.03 bits per heavy atom. The number of anilines is 3. The molecule has 3 aliphatic rings. The summed E-state index contributed by atoms with van der Waals surface area (Å²) in [6.45, 7) is 5.12. The van der Waals surface area contributed by atoms with E-state index in [4.69, 9.17) is 20.3 Å². The lowest BCUT2D eigenvalue weighted by atomic mass is 9.97. The van der Waals surface area contributed by atoms with E-state index in [1.165, 1.54) is 18.7 Å². The molecule has 2 fully saturated rings. The van der Waals surface area contributed by atoms with Gasteiger partial charge in [0.05, 0.1) is 5.69 Å².